The number of H-pyrrole nitrogens is 3. The molecule has 7 nitrogen and oxygen atoms in total. The van der Waals surface area contributed by atoms with Gasteiger partial charge in [-0.05, 0) is 12.8 Å². The van der Waals surface area contributed by atoms with E-state index in [1.54, 1.807) is 0 Å². The zero-order valence-corrected chi connectivity index (χ0v) is 9.25. The monoisotopic (exact) mass is 238 g/mol. The highest BCUT2D eigenvalue weighted by Crippen LogP contribution is 2.06. The molecule has 0 aliphatic rings. The number of hydrogen-bond acceptors (Lipinski definition) is 4. The van der Waals surface area contributed by atoms with Gasteiger partial charge in [-0.1, -0.05) is 6.42 Å². The fourth-order valence-electron chi connectivity index (χ4n) is 1.68. The maximum absolute atomic E-state index is 11.4. The third kappa shape index (κ3) is 2.62. The number of aromatic nitrogens is 4. The molecule has 0 fully saturated rings. The Balaban J connectivity index is 2.18. The highest BCUT2D eigenvalue weighted by molar-refractivity contribution is 5.68. The predicted molar refractivity (Wildman–Crippen MR) is 62.0 cm³/mol. The van der Waals surface area contributed by atoms with Gasteiger partial charge in [0.05, 0.1) is 0 Å². The van der Waals surface area contributed by atoms with Crippen molar-refractivity contribution in [3.8, 4) is 0 Å². The summed E-state index contributed by atoms with van der Waals surface area (Å²) in [5.41, 5.74) is -0.434. The molecule has 92 valence electrons. The Labute approximate surface area is 95.9 Å². The van der Waals surface area contributed by atoms with Gasteiger partial charge in [0.1, 0.15) is 11.3 Å². The number of unbranched alkanes of at least 4 members (excludes halogenated alkanes) is 2. The van der Waals surface area contributed by atoms with Crippen LogP contribution in [0.4, 0.5) is 0 Å². The molecule has 2 aromatic heterocycles. The standard InChI is InChI=1S/C10H14N4O3/c15-5-3-1-2-4-6-11-7-8(12-6)13-10(17)14-9(7)16/h15H,1-5H2,(H3,11,12,13,14,16,17). The molecule has 0 saturated heterocycles. The van der Waals surface area contributed by atoms with E-state index in [0.717, 1.165) is 19.3 Å². The number of aryl methyl sites for hydroxylation is 1. The van der Waals surface area contributed by atoms with Gasteiger partial charge in [-0.15, -0.1) is 0 Å². The van der Waals surface area contributed by atoms with Gasteiger partial charge in [0, 0.05) is 13.0 Å². The smallest absolute Gasteiger partial charge is 0.327 e. The van der Waals surface area contributed by atoms with Gasteiger partial charge in [-0.25, -0.2) is 9.78 Å². The number of nitrogens with one attached hydrogen (secondary N) is 3. The number of nitrogens with zero attached hydrogens (tertiary/aromatic N) is 1. The maximum atomic E-state index is 11.4. The van der Waals surface area contributed by atoms with Crippen molar-refractivity contribution in [2.45, 2.75) is 25.7 Å². The number of aromatic amines is 3. The first kappa shape index (κ1) is 11.6. The summed E-state index contributed by atoms with van der Waals surface area (Å²) in [5, 5.41) is 8.64. The summed E-state index contributed by atoms with van der Waals surface area (Å²) in [6.45, 7) is 0.188. The van der Waals surface area contributed by atoms with Gasteiger partial charge in [0.2, 0.25) is 0 Å². The van der Waals surface area contributed by atoms with Crippen LogP contribution < -0.4 is 11.2 Å². The zero-order valence-electron chi connectivity index (χ0n) is 9.25. The number of aliphatic hydroxyl groups excluding tert-OH is 1. The van der Waals surface area contributed by atoms with E-state index in [2.05, 4.69) is 19.9 Å². The lowest BCUT2D eigenvalue weighted by molar-refractivity contribution is 0.283. The average molecular weight is 238 g/mol. The second-order valence-corrected chi connectivity index (χ2v) is 3.85. The summed E-state index contributed by atoms with van der Waals surface area (Å²) in [6.07, 6.45) is 3.23. The lowest BCUT2D eigenvalue weighted by Crippen LogP contribution is -2.21. The van der Waals surface area contributed by atoms with Crippen LogP contribution >= 0.6 is 0 Å². The zero-order chi connectivity index (χ0) is 12.3. The van der Waals surface area contributed by atoms with Crippen LogP contribution in [0.3, 0.4) is 0 Å². The Kier molecular flexibility index (Phi) is 3.38. The molecule has 0 spiro atoms. The van der Waals surface area contributed by atoms with E-state index in [9.17, 15) is 9.59 Å². The van der Waals surface area contributed by atoms with E-state index in [1.165, 1.54) is 0 Å². The third-order valence-electron chi connectivity index (χ3n) is 2.51. The van der Waals surface area contributed by atoms with Crippen molar-refractivity contribution in [3.63, 3.8) is 0 Å². The molecule has 0 amide bonds. The Hall–Kier alpha value is -1.89. The van der Waals surface area contributed by atoms with Crippen LogP contribution in [-0.2, 0) is 6.42 Å². The average Bonchev–Trinajstić information content (AvgIpc) is 2.67. The summed E-state index contributed by atoms with van der Waals surface area (Å²) in [5.74, 6) is 0.672. The molecule has 0 atom stereocenters. The van der Waals surface area contributed by atoms with E-state index in [1.807, 2.05) is 0 Å². The minimum atomic E-state index is -0.555. The minimum Gasteiger partial charge on any atom is -0.396 e. The van der Waals surface area contributed by atoms with Crippen LogP contribution in [0.1, 0.15) is 25.1 Å². The normalized spacial score (nSPS) is 11.1. The Morgan fingerprint density at radius 1 is 1.06 bits per heavy atom. The minimum absolute atomic E-state index is 0.188. The molecule has 2 rings (SSSR count). The number of aliphatic hydroxyl groups is 1. The van der Waals surface area contributed by atoms with E-state index in [-0.39, 0.29) is 12.3 Å². The van der Waals surface area contributed by atoms with E-state index in [0.29, 0.717) is 17.8 Å². The van der Waals surface area contributed by atoms with Gasteiger partial charge >= 0.3 is 5.69 Å². The molecule has 17 heavy (non-hydrogen) atoms. The molecule has 0 aliphatic heterocycles. The van der Waals surface area contributed by atoms with Gasteiger partial charge < -0.3 is 10.1 Å². The molecule has 0 saturated carbocycles. The summed E-state index contributed by atoms with van der Waals surface area (Å²) in [6, 6.07) is 0. The van der Waals surface area contributed by atoms with Gasteiger partial charge in [-0.3, -0.25) is 14.8 Å². The Bertz CT molecular complexity index is 610. The number of imidazole rings is 1. The SMILES string of the molecule is O=c1[nH]c(=O)c2[nH]c(CCCCCO)nc2[nH]1. The quantitative estimate of drug-likeness (QED) is 0.533. The first-order valence-electron chi connectivity index (χ1n) is 5.53. The van der Waals surface area contributed by atoms with Crippen molar-refractivity contribution < 1.29 is 5.11 Å². The first-order valence-corrected chi connectivity index (χ1v) is 5.53. The van der Waals surface area contributed by atoms with Crippen molar-refractivity contribution in [2.24, 2.45) is 0 Å². The van der Waals surface area contributed by atoms with E-state index >= 15 is 0 Å². The number of fused-ring (bicyclic) bond motifs is 1. The second-order valence-electron chi connectivity index (χ2n) is 3.85. The molecule has 0 bridgehead atoms. The Morgan fingerprint density at radius 2 is 1.88 bits per heavy atom. The number of rotatable bonds is 5. The fraction of sp³-hybridized carbons (Fsp3) is 0.500. The molecule has 0 aromatic carbocycles. The molecule has 7 heteroatoms. The maximum Gasteiger partial charge on any atom is 0.327 e. The topological polar surface area (TPSA) is 115 Å². The fourth-order valence-corrected chi connectivity index (χ4v) is 1.68. The first-order chi connectivity index (χ1) is 8.20. The largest absolute Gasteiger partial charge is 0.396 e. The lowest BCUT2D eigenvalue weighted by atomic mass is 10.2. The molecule has 0 radical (unpaired) electrons. The van der Waals surface area contributed by atoms with Crippen LogP contribution in [0.15, 0.2) is 9.59 Å². The summed E-state index contributed by atoms with van der Waals surface area (Å²) < 4.78 is 0. The lowest BCUT2D eigenvalue weighted by Gasteiger charge is -1.95. The molecule has 4 N–H and O–H groups in total. The predicted octanol–water partition coefficient (Wildman–Crippen LogP) is -0.355. The summed E-state index contributed by atoms with van der Waals surface area (Å²) >= 11 is 0. The van der Waals surface area contributed by atoms with Crippen molar-refractivity contribution >= 4 is 11.2 Å². The van der Waals surface area contributed by atoms with Crippen LogP contribution in [-0.4, -0.2) is 31.6 Å². The summed E-state index contributed by atoms with van der Waals surface area (Å²) in [7, 11) is 0. The summed E-state index contributed by atoms with van der Waals surface area (Å²) in [4.78, 5) is 34.0. The molecule has 2 heterocycles. The molecule has 0 unspecified atom stereocenters. The van der Waals surface area contributed by atoms with Crippen molar-refractivity contribution in [2.75, 3.05) is 6.61 Å². The van der Waals surface area contributed by atoms with Crippen LogP contribution in [0, 0.1) is 0 Å². The number of hydrogen-bond donors (Lipinski definition) is 4. The highest BCUT2D eigenvalue weighted by Gasteiger charge is 2.06. The van der Waals surface area contributed by atoms with Gasteiger partial charge in [0.15, 0.2) is 5.65 Å². The molecular formula is C10H14N4O3. The molecular weight excluding hydrogens is 224 g/mol. The van der Waals surface area contributed by atoms with Crippen molar-refractivity contribution in [1.82, 2.24) is 19.9 Å². The molecule has 0 aliphatic carbocycles. The van der Waals surface area contributed by atoms with Crippen LogP contribution in [0.5, 0.6) is 0 Å². The van der Waals surface area contributed by atoms with Gasteiger partial charge in [-0.2, -0.15) is 0 Å². The second kappa shape index (κ2) is 4.96. The van der Waals surface area contributed by atoms with E-state index in [4.69, 9.17) is 5.11 Å². The van der Waals surface area contributed by atoms with Crippen LogP contribution in [0.2, 0.25) is 0 Å². The van der Waals surface area contributed by atoms with E-state index < -0.39 is 11.2 Å². The van der Waals surface area contributed by atoms with Crippen LogP contribution in [0.25, 0.3) is 11.2 Å². The molecule has 2 aromatic rings. The highest BCUT2D eigenvalue weighted by atomic mass is 16.3. The third-order valence-corrected chi connectivity index (χ3v) is 2.51. The van der Waals surface area contributed by atoms with Gasteiger partial charge in [0.25, 0.3) is 5.56 Å². The van der Waals surface area contributed by atoms with Crippen molar-refractivity contribution in [1.29, 1.82) is 0 Å². The van der Waals surface area contributed by atoms with Crippen molar-refractivity contribution in [3.05, 3.63) is 26.7 Å². The Morgan fingerprint density at radius 3 is 2.65 bits per heavy atom.